The number of carbonyl (C=O) groups is 2. The molecular weight excluding hydrogens is 352 g/mol. The molecular formula is C24H22O4. The molecule has 0 bridgehead atoms. The third-order valence-electron chi connectivity index (χ3n) is 4.33. The van der Waals surface area contributed by atoms with Gasteiger partial charge < -0.3 is 9.47 Å². The van der Waals surface area contributed by atoms with E-state index >= 15 is 0 Å². The van der Waals surface area contributed by atoms with Gasteiger partial charge in [-0.2, -0.15) is 0 Å². The van der Waals surface area contributed by atoms with Gasteiger partial charge in [-0.3, -0.25) is 4.79 Å². The average Bonchev–Trinajstić information content (AvgIpc) is 2.73. The van der Waals surface area contributed by atoms with Crippen LogP contribution in [0.4, 0.5) is 0 Å². The Morgan fingerprint density at radius 1 is 0.821 bits per heavy atom. The van der Waals surface area contributed by atoms with Gasteiger partial charge in [0.1, 0.15) is 12.4 Å². The van der Waals surface area contributed by atoms with E-state index in [9.17, 15) is 9.59 Å². The Bertz CT molecular complexity index is 929. The first-order chi connectivity index (χ1) is 13.5. The molecule has 142 valence electrons. The topological polar surface area (TPSA) is 52.6 Å². The zero-order valence-electron chi connectivity index (χ0n) is 15.9. The van der Waals surface area contributed by atoms with E-state index in [1.54, 1.807) is 43.3 Å². The van der Waals surface area contributed by atoms with Crippen LogP contribution in [0.15, 0.2) is 78.9 Å². The molecule has 0 N–H and O–H groups in total. The Hall–Kier alpha value is -3.40. The molecule has 3 aromatic carbocycles. The van der Waals surface area contributed by atoms with Crippen LogP contribution in [-0.4, -0.2) is 17.9 Å². The highest BCUT2D eigenvalue weighted by atomic mass is 16.5. The van der Waals surface area contributed by atoms with Crippen LogP contribution < -0.4 is 4.74 Å². The van der Waals surface area contributed by atoms with Crippen LogP contribution in [-0.2, 0) is 11.3 Å². The Labute approximate surface area is 164 Å². The van der Waals surface area contributed by atoms with E-state index in [4.69, 9.17) is 9.47 Å². The molecule has 4 heteroatoms. The predicted molar refractivity (Wildman–Crippen MR) is 108 cm³/mol. The molecule has 0 unspecified atom stereocenters. The number of hydrogen-bond acceptors (Lipinski definition) is 4. The molecule has 0 fully saturated rings. The summed E-state index contributed by atoms with van der Waals surface area (Å²) in [5.41, 5.74) is 3.02. The van der Waals surface area contributed by atoms with Crippen LogP contribution >= 0.6 is 0 Å². The largest absolute Gasteiger partial charge is 0.489 e. The van der Waals surface area contributed by atoms with Crippen molar-refractivity contribution < 1.29 is 19.1 Å². The summed E-state index contributed by atoms with van der Waals surface area (Å²) < 4.78 is 11.0. The normalized spacial score (nSPS) is 11.5. The molecule has 0 aromatic heterocycles. The van der Waals surface area contributed by atoms with Crippen molar-refractivity contribution in [2.45, 2.75) is 26.6 Å². The molecule has 1 atom stereocenters. The van der Waals surface area contributed by atoms with Gasteiger partial charge in [-0.15, -0.1) is 0 Å². The van der Waals surface area contributed by atoms with Crippen molar-refractivity contribution in [1.82, 2.24) is 0 Å². The maximum absolute atomic E-state index is 12.4. The summed E-state index contributed by atoms with van der Waals surface area (Å²) >= 11 is 0. The molecule has 28 heavy (non-hydrogen) atoms. The zero-order chi connectivity index (χ0) is 19.9. The SMILES string of the molecule is Cc1ccc(C(=O)[C@H](C)OC(=O)c2ccc(OCc3ccccc3)cc2)cc1. The molecule has 0 aliphatic carbocycles. The molecule has 0 heterocycles. The van der Waals surface area contributed by atoms with E-state index in [0.29, 0.717) is 23.5 Å². The highest BCUT2D eigenvalue weighted by Crippen LogP contribution is 2.16. The van der Waals surface area contributed by atoms with Crippen molar-refractivity contribution in [2.24, 2.45) is 0 Å². The number of hydrogen-bond donors (Lipinski definition) is 0. The number of Topliss-reactive ketones (excluding diaryl/α,β-unsaturated/α-hetero) is 1. The van der Waals surface area contributed by atoms with E-state index in [0.717, 1.165) is 11.1 Å². The van der Waals surface area contributed by atoms with Crippen LogP contribution in [0.5, 0.6) is 5.75 Å². The molecule has 0 amide bonds. The molecule has 0 spiro atoms. The minimum Gasteiger partial charge on any atom is -0.489 e. The molecule has 0 aliphatic rings. The number of carbonyl (C=O) groups excluding carboxylic acids is 2. The second kappa shape index (κ2) is 9.00. The number of ether oxygens (including phenoxy) is 2. The van der Waals surface area contributed by atoms with E-state index in [1.165, 1.54) is 0 Å². The first kappa shape index (κ1) is 19.4. The highest BCUT2D eigenvalue weighted by Gasteiger charge is 2.20. The Morgan fingerprint density at radius 3 is 2.07 bits per heavy atom. The Kier molecular flexibility index (Phi) is 6.22. The molecule has 0 saturated heterocycles. The number of rotatable bonds is 7. The zero-order valence-corrected chi connectivity index (χ0v) is 15.9. The van der Waals surface area contributed by atoms with Crippen LogP contribution in [0.25, 0.3) is 0 Å². The Balaban J connectivity index is 1.56. The van der Waals surface area contributed by atoms with Gasteiger partial charge in [0.05, 0.1) is 5.56 Å². The molecule has 3 rings (SSSR count). The van der Waals surface area contributed by atoms with Crippen molar-refractivity contribution >= 4 is 11.8 Å². The number of aryl methyl sites for hydroxylation is 1. The van der Waals surface area contributed by atoms with Crippen molar-refractivity contribution in [3.63, 3.8) is 0 Å². The van der Waals surface area contributed by atoms with Gasteiger partial charge in [-0.25, -0.2) is 4.79 Å². The lowest BCUT2D eigenvalue weighted by molar-refractivity contribution is 0.0319. The average molecular weight is 374 g/mol. The van der Waals surface area contributed by atoms with E-state index in [2.05, 4.69) is 0 Å². The van der Waals surface area contributed by atoms with Crippen LogP contribution in [0.2, 0.25) is 0 Å². The molecule has 3 aromatic rings. The van der Waals surface area contributed by atoms with Gasteiger partial charge in [-0.05, 0) is 43.7 Å². The minimum atomic E-state index is -0.857. The summed E-state index contributed by atoms with van der Waals surface area (Å²) in [5.74, 6) is -0.108. The van der Waals surface area contributed by atoms with E-state index in [1.807, 2.05) is 49.4 Å². The van der Waals surface area contributed by atoms with E-state index < -0.39 is 12.1 Å². The number of benzene rings is 3. The minimum absolute atomic E-state index is 0.226. The molecule has 4 nitrogen and oxygen atoms in total. The van der Waals surface area contributed by atoms with Crippen molar-refractivity contribution in [3.8, 4) is 5.75 Å². The second-order valence-electron chi connectivity index (χ2n) is 6.58. The molecule has 0 aliphatic heterocycles. The first-order valence-electron chi connectivity index (χ1n) is 9.11. The predicted octanol–water partition coefficient (Wildman–Crippen LogP) is 5.00. The van der Waals surface area contributed by atoms with Gasteiger partial charge >= 0.3 is 5.97 Å². The smallest absolute Gasteiger partial charge is 0.338 e. The lowest BCUT2D eigenvalue weighted by Crippen LogP contribution is -2.24. The van der Waals surface area contributed by atoms with Gasteiger partial charge in [0.15, 0.2) is 6.10 Å². The third-order valence-corrected chi connectivity index (χ3v) is 4.33. The fraction of sp³-hybridized carbons (Fsp3) is 0.167. The summed E-state index contributed by atoms with van der Waals surface area (Å²) in [6, 6.07) is 23.7. The van der Waals surface area contributed by atoms with Crippen LogP contribution in [0.1, 0.15) is 38.8 Å². The fourth-order valence-electron chi connectivity index (χ4n) is 2.66. The first-order valence-corrected chi connectivity index (χ1v) is 9.11. The highest BCUT2D eigenvalue weighted by molar-refractivity contribution is 6.01. The maximum Gasteiger partial charge on any atom is 0.338 e. The lowest BCUT2D eigenvalue weighted by atomic mass is 10.1. The summed E-state index contributed by atoms with van der Waals surface area (Å²) in [5, 5.41) is 0. The van der Waals surface area contributed by atoms with Gasteiger partial charge in [0, 0.05) is 5.56 Å². The quantitative estimate of drug-likeness (QED) is 0.431. The fourth-order valence-corrected chi connectivity index (χ4v) is 2.66. The van der Waals surface area contributed by atoms with Crippen molar-refractivity contribution in [3.05, 3.63) is 101 Å². The van der Waals surface area contributed by atoms with Crippen molar-refractivity contribution in [1.29, 1.82) is 0 Å². The molecule has 0 radical (unpaired) electrons. The van der Waals surface area contributed by atoms with Crippen molar-refractivity contribution in [2.75, 3.05) is 0 Å². The monoisotopic (exact) mass is 374 g/mol. The lowest BCUT2D eigenvalue weighted by Gasteiger charge is -2.13. The summed E-state index contributed by atoms with van der Waals surface area (Å²) in [6.45, 7) is 3.98. The van der Waals surface area contributed by atoms with E-state index in [-0.39, 0.29) is 5.78 Å². The van der Waals surface area contributed by atoms with Gasteiger partial charge in [-0.1, -0.05) is 60.2 Å². The summed E-state index contributed by atoms with van der Waals surface area (Å²) in [6.07, 6.45) is -0.857. The van der Waals surface area contributed by atoms with Crippen LogP contribution in [0, 0.1) is 6.92 Å². The van der Waals surface area contributed by atoms with Gasteiger partial charge in [0.25, 0.3) is 0 Å². The Morgan fingerprint density at radius 2 is 1.43 bits per heavy atom. The standard InChI is InChI=1S/C24H22O4/c1-17-8-10-20(11-9-17)23(25)18(2)28-24(26)21-12-14-22(15-13-21)27-16-19-6-4-3-5-7-19/h3-15,18H,16H2,1-2H3/t18-/m0/s1. The summed E-state index contributed by atoms with van der Waals surface area (Å²) in [4.78, 5) is 24.7. The number of ketones is 1. The number of esters is 1. The third kappa shape index (κ3) is 5.07. The van der Waals surface area contributed by atoms with Gasteiger partial charge in [0.2, 0.25) is 5.78 Å². The molecule has 0 saturated carbocycles. The summed E-state index contributed by atoms with van der Waals surface area (Å²) in [7, 11) is 0. The van der Waals surface area contributed by atoms with Crippen LogP contribution in [0.3, 0.4) is 0 Å². The maximum atomic E-state index is 12.4. The second-order valence-corrected chi connectivity index (χ2v) is 6.58.